The number of rotatable bonds is 4. The summed E-state index contributed by atoms with van der Waals surface area (Å²) >= 11 is 0. The standard InChI is InChI=1S/C10H10N8O2S/c11-9-8(4-14-16-9)21(19,20)17-7-2-1-3-13-10(7)18-6-12-5-15-18/h1-6,17H,(H3,11,14,16). The topological polar surface area (TPSA) is 144 Å². The number of pyridine rings is 1. The van der Waals surface area contributed by atoms with Gasteiger partial charge in [-0.2, -0.15) is 10.2 Å². The van der Waals surface area contributed by atoms with E-state index in [1.807, 2.05) is 0 Å². The zero-order chi connectivity index (χ0) is 14.9. The molecule has 0 spiro atoms. The van der Waals surface area contributed by atoms with Crippen LogP contribution in [-0.4, -0.2) is 38.4 Å². The van der Waals surface area contributed by atoms with Crippen molar-refractivity contribution in [3.63, 3.8) is 0 Å². The molecule has 3 rings (SSSR count). The Morgan fingerprint density at radius 1 is 1.38 bits per heavy atom. The van der Waals surface area contributed by atoms with Gasteiger partial charge in [0.15, 0.2) is 5.82 Å². The molecular weight excluding hydrogens is 296 g/mol. The third-order valence-electron chi connectivity index (χ3n) is 2.59. The Labute approximate surface area is 119 Å². The molecule has 3 aromatic rings. The maximum absolute atomic E-state index is 12.3. The summed E-state index contributed by atoms with van der Waals surface area (Å²) in [5.41, 5.74) is 5.77. The predicted octanol–water partition coefficient (Wildman–Crippen LogP) is -0.232. The Kier molecular flexibility index (Phi) is 3.02. The van der Waals surface area contributed by atoms with Crippen LogP contribution in [0.2, 0.25) is 0 Å². The summed E-state index contributed by atoms with van der Waals surface area (Å²) in [5.74, 6) is 0.245. The van der Waals surface area contributed by atoms with Crippen LogP contribution in [0.1, 0.15) is 0 Å². The lowest BCUT2D eigenvalue weighted by molar-refractivity contribution is 0.601. The minimum Gasteiger partial charge on any atom is -0.383 e. The van der Waals surface area contributed by atoms with Crippen molar-refractivity contribution in [2.45, 2.75) is 4.90 Å². The first-order chi connectivity index (χ1) is 10.1. The van der Waals surface area contributed by atoms with Crippen molar-refractivity contribution in [2.24, 2.45) is 0 Å². The molecule has 0 aromatic carbocycles. The molecule has 0 saturated heterocycles. The number of nitrogens with one attached hydrogen (secondary N) is 2. The molecule has 11 heteroatoms. The maximum atomic E-state index is 12.3. The van der Waals surface area contributed by atoms with E-state index in [-0.39, 0.29) is 16.4 Å². The third kappa shape index (κ3) is 2.41. The van der Waals surface area contributed by atoms with Gasteiger partial charge in [-0.15, -0.1) is 0 Å². The summed E-state index contributed by atoms with van der Waals surface area (Å²) in [4.78, 5) is 7.75. The predicted molar refractivity (Wildman–Crippen MR) is 73.0 cm³/mol. The normalized spacial score (nSPS) is 11.4. The molecule has 0 unspecified atom stereocenters. The number of hydrogen-bond donors (Lipinski definition) is 3. The highest BCUT2D eigenvalue weighted by Gasteiger charge is 2.21. The largest absolute Gasteiger partial charge is 0.383 e. The van der Waals surface area contributed by atoms with Crippen LogP contribution in [0.4, 0.5) is 11.5 Å². The molecule has 0 aliphatic heterocycles. The number of aromatic amines is 1. The molecule has 3 heterocycles. The molecule has 3 aromatic heterocycles. The number of sulfonamides is 1. The molecular formula is C10H10N8O2S. The van der Waals surface area contributed by atoms with E-state index in [1.165, 1.54) is 23.5 Å². The zero-order valence-corrected chi connectivity index (χ0v) is 11.3. The van der Waals surface area contributed by atoms with Crippen LogP contribution in [0.15, 0.2) is 42.1 Å². The fourth-order valence-corrected chi connectivity index (χ4v) is 2.76. The first-order valence-electron chi connectivity index (χ1n) is 5.69. The fourth-order valence-electron chi connectivity index (χ4n) is 1.68. The lowest BCUT2D eigenvalue weighted by Gasteiger charge is -2.10. The van der Waals surface area contributed by atoms with Crippen molar-refractivity contribution in [1.82, 2.24) is 29.9 Å². The van der Waals surface area contributed by atoms with Crippen LogP contribution in [0.3, 0.4) is 0 Å². The van der Waals surface area contributed by atoms with Gasteiger partial charge in [0.1, 0.15) is 23.4 Å². The van der Waals surface area contributed by atoms with Crippen molar-refractivity contribution < 1.29 is 8.42 Å². The van der Waals surface area contributed by atoms with E-state index in [9.17, 15) is 8.42 Å². The molecule has 0 bridgehead atoms. The molecule has 0 amide bonds. The molecule has 108 valence electrons. The monoisotopic (exact) mass is 306 g/mol. The number of nitrogens with zero attached hydrogens (tertiary/aromatic N) is 5. The van der Waals surface area contributed by atoms with E-state index < -0.39 is 10.0 Å². The van der Waals surface area contributed by atoms with Gasteiger partial charge in [-0.05, 0) is 12.1 Å². The Bertz CT molecular complexity index is 855. The minimum absolute atomic E-state index is 0.0475. The highest BCUT2D eigenvalue weighted by Crippen LogP contribution is 2.22. The van der Waals surface area contributed by atoms with E-state index in [0.29, 0.717) is 5.82 Å². The lowest BCUT2D eigenvalue weighted by Crippen LogP contribution is -2.16. The van der Waals surface area contributed by atoms with E-state index >= 15 is 0 Å². The minimum atomic E-state index is -3.88. The van der Waals surface area contributed by atoms with Gasteiger partial charge in [0.05, 0.1) is 11.9 Å². The average Bonchev–Trinajstić information content (AvgIpc) is 3.10. The van der Waals surface area contributed by atoms with Gasteiger partial charge < -0.3 is 5.73 Å². The van der Waals surface area contributed by atoms with Gasteiger partial charge in [-0.25, -0.2) is 23.1 Å². The average molecular weight is 306 g/mol. The number of hydrogen-bond acceptors (Lipinski definition) is 7. The van der Waals surface area contributed by atoms with E-state index in [0.717, 1.165) is 6.20 Å². The zero-order valence-electron chi connectivity index (χ0n) is 10.5. The van der Waals surface area contributed by atoms with E-state index in [2.05, 4.69) is 30.0 Å². The second-order valence-corrected chi connectivity index (χ2v) is 5.62. The molecule has 0 fully saturated rings. The van der Waals surface area contributed by atoms with Crippen molar-refractivity contribution in [1.29, 1.82) is 0 Å². The third-order valence-corrected chi connectivity index (χ3v) is 3.98. The van der Waals surface area contributed by atoms with Gasteiger partial charge in [0.25, 0.3) is 10.0 Å². The molecule has 0 saturated carbocycles. The highest BCUT2D eigenvalue weighted by molar-refractivity contribution is 7.92. The number of anilines is 2. The molecule has 0 aliphatic rings. The molecule has 21 heavy (non-hydrogen) atoms. The summed E-state index contributed by atoms with van der Waals surface area (Å²) in [5, 5.41) is 9.88. The molecule has 0 atom stereocenters. The second kappa shape index (κ2) is 4.86. The van der Waals surface area contributed by atoms with Crippen molar-refractivity contribution in [3.8, 4) is 5.82 Å². The second-order valence-electron chi connectivity index (χ2n) is 3.97. The molecule has 0 radical (unpaired) electrons. The van der Waals surface area contributed by atoms with Crippen molar-refractivity contribution in [3.05, 3.63) is 37.2 Å². The maximum Gasteiger partial charge on any atom is 0.267 e. The van der Waals surface area contributed by atoms with Gasteiger partial charge >= 0.3 is 0 Å². The first kappa shape index (κ1) is 13.1. The summed E-state index contributed by atoms with van der Waals surface area (Å²) in [6, 6.07) is 3.15. The van der Waals surface area contributed by atoms with Crippen LogP contribution >= 0.6 is 0 Å². The SMILES string of the molecule is Nc1[nH]ncc1S(=O)(=O)Nc1cccnc1-n1cncn1. The molecule has 10 nitrogen and oxygen atoms in total. The van der Waals surface area contributed by atoms with Gasteiger partial charge in [-0.1, -0.05) is 0 Å². The summed E-state index contributed by atoms with van der Waals surface area (Å²) in [6.45, 7) is 0. The summed E-state index contributed by atoms with van der Waals surface area (Å²) in [7, 11) is -3.88. The Hall–Kier alpha value is -2.95. The summed E-state index contributed by atoms with van der Waals surface area (Å²) < 4.78 is 28.3. The Balaban J connectivity index is 2.02. The Morgan fingerprint density at radius 2 is 2.24 bits per heavy atom. The van der Waals surface area contributed by atoms with Crippen LogP contribution < -0.4 is 10.5 Å². The Morgan fingerprint density at radius 3 is 2.90 bits per heavy atom. The van der Waals surface area contributed by atoms with E-state index in [1.54, 1.807) is 12.1 Å². The molecule has 4 N–H and O–H groups in total. The smallest absolute Gasteiger partial charge is 0.267 e. The number of nitrogen functional groups attached to an aromatic ring is 1. The lowest BCUT2D eigenvalue weighted by atomic mass is 10.4. The number of nitrogens with two attached hydrogens (primary N) is 1. The van der Waals surface area contributed by atoms with Crippen molar-refractivity contribution in [2.75, 3.05) is 10.5 Å². The fraction of sp³-hybridized carbons (Fsp3) is 0. The van der Waals surface area contributed by atoms with Crippen LogP contribution in [0, 0.1) is 0 Å². The van der Waals surface area contributed by atoms with E-state index in [4.69, 9.17) is 5.73 Å². The summed E-state index contributed by atoms with van der Waals surface area (Å²) in [6.07, 6.45) is 5.37. The van der Waals surface area contributed by atoms with Crippen LogP contribution in [0.25, 0.3) is 5.82 Å². The quantitative estimate of drug-likeness (QED) is 0.603. The van der Waals surface area contributed by atoms with Gasteiger partial charge in [-0.3, -0.25) is 9.82 Å². The van der Waals surface area contributed by atoms with Gasteiger partial charge in [0, 0.05) is 6.20 Å². The van der Waals surface area contributed by atoms with Crippen LogP contribution in [0.5, 0.6) is 0 Å². The van der Waals surface area contributed by atoms with Crippen molar-refractivity contribution >= 4 is 21.5 Å². The number of H-pyrrole nitrogens is 1. The number of aromatic nitrogens is 6. The highest BCUT2D eigenvalue weighted by atomic mass is 32.2. The molecule has 0 aliphatic carbocycles. The van der Waals surface area contributed by atoms with Gasteiger partial charge in [0.2, 0.25) is 0 Å². The van der Waals surface area contributed by atoms with Crippen LogP contribution in [-0.2, 0) is 10.0 Å². The first-order valence-corrected chi connectivity index (χ1v) is 7.18.